The zero-order valence-electron chi connectivity index (χ0n) is 15.9. The van der Waals surface area contributed by atoms with Gasteiger partial charge in [0.15, 0.2) is 11.5 Å². The molecule has 1 amide bonds. The van der Waals surface area contributed by atoms with Crippen LogP contribution in [0.25, 0.3) is 10.9 Å². The maximum Gasteiger partial charge on any atom is 0.251 e. The molecular weight excluding hydrogens is 364 g/mol. The Kier molecular flexibility index (Phi) is 5.20. The van der Waals surface area contributed by atoms with Crippen molar-refractivity contribution in [3.63, 3.8) is 0 Å². The van der Waals surface area contributed by atoms with Crippen LogP contribution in [0.1, 0.15) is 21.5 Å². The van der Waals surface area contributed by atoms with E-state index < -0.39 is 0 Å². The smallest absolute Gasteiger partial charge is 0.251 e. The van der Waals surface area contributed by atoms with Crippen LogP contribution in [0, 0.1) is 0 Å². The molecule has 1 heterocycles. The first-order chi connectivity index (χ1) is 14.1. The van der Waals surface area contributed by atoms with Crippen molar-refractivity contribution >= 4 is 16.8 Å². The van der Waals surface area contributed by atoms with Crippen molar-refractivity contribution in [2.45, 2.75) is 13.0 Å². The minimum absolute atomic E-state index is 0.243. The van der Waals surface area contributed by atoms with Gasteiger partial charge in [0.2, 0.25) is 0 Å². The van der Waals surface area contributed by atoms with E-state index in [-0.39, 0.29) is 17.4 Å². The summed E-state index contributed by atoms with van der Waals surface area (Å²) >= 11 is 0. The van der Waals surface area contributed by atoms with Crippen LogP contribution in [0.15, 0.2) is 79.0 Å². The Morgan fingerprint density at radius 2 is 1.66 bits per heavy atom. The Morgan fingerprint density at radius 1 is 0.897 bits per heavy atom. The second-order valence-corrected chi connectivity index (χ2v) is 6.99. The van der Waals surface area contributed by atoms with E-state index in [0.717, 1.165) is 6.54 Å². The molecular formula is C24H22N2O3. The van der Waals surface area contributed by atoms with Gasteiger partial charge in [0, 0.05) is 35.8 Å². The van der Waals surface area contributed by atoms with Gasteiger partial charge in [0.25, 0.3) is 5.91 Å². The van der Waals surface area contributed by atoms with Gasteiger partial charge in [-0.2, -0.15) is 0 Å². The summed E-state index contributed by atoms with van der Waals surface area (Å²) < 4.78 is 2.24. The van der Waals surface area contributed by atoms with Crippen LogP contribution < -0.4 is 5.32 Å². The highest BCUT2D eigenvalue weighted by atomic mass is 16.3. The molecule has 0 fully saturated rings. The molecule has 4 rings (SSSR count). The van der Waals surface area contributed by atoms with Crippen LogP contribution in [0.5, 0.6) is 11.5 Å². The van der Waals surface area contributed by atoms with Gasteiger partial charge in [-0.1, -0.05) is 48.5 Å². The number of phenolic OH excluding ortho intramolecular Hbond substituents is 2. The van der Waals surface area contributed by atoms with E-state index in [0.29, 0.717) is 18.5 Å². The number of fused-ring (bicyclic) bond motifs is 1. The minimum atomic E-state index is -0.304. The maximum absolute atomic E-state index is 12.3. The lowest BCUT2D eigenvalue weighted by atomic mass is 10.1. The average molecular weight is 386 g/mol. The first-order valence-electron chi connectivity index (χ1n) is 9.52. The molecule has 29 heavy (non-hydrogen) atoms. The number of rotatable bonds is 6. The fraction of sp³-hybridized carbons (Fsp3) is 0.125. The van der Waals surface area contributed by atoms with Crippen molar-refractivity contribution in [2.24, 2.45) is 0 Å². The van der Waals surface area contributed by atoms with Crippen molar-refractivity contribution in [3.8, 4) is 11.5 Å². The molecule has 4 aromatic rings. The van der Waals surface area contributed by atoms with Crippen molar-refractivity contribution in [3.05, 3.63) is 95.7 Å². The summed E-state index contributed by atoms with van der Waals surface area (Å²) in [4.78, 5) is 12.3. The molecule has 3 aromatic carbocycles. The zero-order valence-corrected chi connectivity index (χ0v) is 15.9. The highest BCUT2D eigenvalue weighted by molar-refractivity contribution is 5.94. The number of carbonyl (C=O) groups is 1. The molecule has 5 heteroatoms. The van der Waals surface area contributed by atoms with E-state index >= 15 is 0 Å². The predicted molar refractivity (Wildman–Crippen MR) is 113 cm³/mol. The standard InChI is InChI=1S/C24H22N2O3/c27-22-11-10-18(14-23(22)28)24(29)25-13-12-19-16-26(15-17-6-2-1-3-7-17)21-9-5-4-8-20(19)21/h1-11,14,16,27-28H,12-13,15H2,(H,25,29). The molecule has 0 atom stereocenters. The molecule has 0 saturated carbocycles. The Morgan fingerprint density at radius 3 is 2.45 bits per heavy atom. The molecule has 0 unspecified atom stereocenters. The van der Waals surface area contributed by atoms with Gasteiger partial charge < -0.3 is 20.1 Å². The monoisotopic (exact) mass is 386 g/mol. The molecule has 0 aliphatic carbocycles. The van der Waals surface area contributed by atoms with Gasteiger partial charge in [-0.05, 0) is 41.8 Å². The summed E-state index contributed by atoms with van der Waals surface area (Å²) in [7, 11) is 0. The van der Waals surface area contributed by atoms with Crippen molar-refractivity contribution in [1.29, 1.82) is 0 Å². The zero-order chi connectivity index (χ0) is 20.2. The van der Waals surface area contributed by atoms with Gasteiger partial charge in [0.05, 0.1) is 0 Å². The minimum Gasteiger partial charge on any atom is -0.504 e. The quantitative estimate of drug-likeness (QED) is 0.437. The summed E-state index contributed by atoms with van der Waals surface area (Å²) in [5, 5.41) is 23.0. The van der Waals surface area contributed by atoms with E-state index in [4.69, 9.17) is 0 Å². The third-order valence-corrected chi connectivity index (χ3v) is 4.98. The summed E-state index contributed by atoms with van der Waals surface area (Å²) in [6.45, 7) is 1.26. The summed E-state index contributed by atoms with van der Waals surface area (Å²) in [5.74, 6) is -0.831. The number of hydrogen-bond acceptors (Lipinski definition) is 3. The molecule has 0 spiro atoms. The Labute approximate surface area is 168 Å². The highest BCUT2D eigenvalue weighted by Crippen LogP contribution is 2.25. The number of carbonyl (C=O) groups excluding carboxylic acids is 1. The second-order valence-electron chi connectivity index (χ2n) is 6.99. The van der Waals surface area contributed by atoms with Gasteiger partial charge in [-0.15, -0.1) is 0 Å². The molecule has 0 aliphatic heterocycles. The molecule has 146 valence electrons. The number of benzene rings is 3. The van der Waals surface area contributed by atoms with Crippen LogP contribution >= 0.6 is 0 Å². The number of phenols is 2. The summed E-state index contributed by atoms with van der Waals surface area (Å²) in [6.07, 6.45) is 2.84. The average Bonchev–Trinajstić information content (AvgIpc) is 3.08. The number of aromatic hydroxyl groups is 2. The number of amides is 1. The first kappa shape index (κ1) is 18.6. The lowest BCUT2D eigenvalue weighted by Gasteiger charge is -2.06. The highest BCUT2D eigenvalue weighted by Gasteiger charge is 2.11. The number of nitrogens with zero attached hydrogens (tertiary/aromatic N) is 1. The Hall–Kier alpha value is -3.73. The van der Waals surface area contributed by atoms with Crippen LogP contribution in [-0.2, 0) is 13.0 Å². The Bertz CT molecular complexity index is 1150. The van der Waals surface area contributed by atoms with Gasteiger partial charge in [0.1, 0.15) is 0 Å². The topological polar surface area (TPSA) is 74.5 Å². The van der Waals surface area contributed by atoms with Crippen molar-refractivity contribution < 1.29 is 15.0 Å². The lowest BCUT2D eigenvalue weighted by Crippen LogP contribution is -2.25. The third-order valence-electron chi connectivity index (χ3n) is 4.98. The first-order valence-corrected chi connectivity index (χ1v) is 9.52. The normalized spacial score (nSPS) is 10.9. The number of aromatic nitrogens is 1. The summed E-state index contributed by atoms with van der Waals surface area (Å²) in [6, 6.07) is 22.6. The number of para-hydroxylation sites is 1. The van der Waals surface area contributed by atoms with E-state index in [1.165, 1.54) is 40.2 Å². The van der Waals surface area contributed by atoms with Crippen molar-refractivity contribution in [2.75, 3.05) is 6.54 Å². The molecule has 0 bridgehead atoms. The fourth-order valence-electron chi connectivity index (χ4n) is 3.51. The van der Waals surface area contributed by atoms with Crippen molar-refractivity contribution in [1.82, 2.24) is 9.88 Å². The maximum atomic E-state index is 12.3. The molecule has 0 aliphatic rings. The van der Waals surface area contributed by atoms with Crippen LogP contribution in [0.2, 0.25) is 0 Å². The molecule has 3 N–H and O–H groups in total. The van der Waals surface area contributed by atoms with E-state index in [1.54, 1.807) is 0 Å². The van der Waals surface area contributed by atoms with Gasteiger partial charge in [-0.25, -0.2) is 0 Å². The van der Waals surface area contributed by atoms with E-state index in [1.807, 2.05) is 30.3 Å². The Balaban J connectivity index is 1.48. The van der Waals surface area contributed by atoms with Crippen LogP contribution in [-0.4, -0.2) is 27.2 Å². The molecule has 5 nitrogen and oxygen atoms in total. The number of nitrogens with one attached hydrogen (secondary N) is 1. The fourth-order valence-corrected chi connectivity index (χ4v) is 3.51. The van der Waals surface area contributed by atoms with Crippen LogP contribution in [0.4, 0.5) is 0 Å². The number of hydrogen-bond donors (Lipinski definition) is 3. The molecule has 0 saturated heterocycles. The largest absolute Gasteiger partial charge is 0.504 e. The third kappa shape index (κ3) is 4.09. The molecule has 0 radical (unpaired) electrons. The molecule has 1 aromatic heterocycles. The van der Waals surface area contributed by atoms with Gasteiger partial charge >= 0.3 is 0 Å². The lowest BCUT2D eigenvalue weighted by molar-refractivity contribution is 0.0953. The second kappa shape index (κ2) is 8.10. The predicted octanol–water partition coefficient (Wildman–Crippen LogP) is 4.07. The van der Waals surface area contributed by atoms with E-state index in [2.05, 4.69) is 40.3 Å². The summed E-state index contributed by atoms with van der Waals surface area (Å²) in [5.41, 5.74) is 3.89. The van der Waals surface area contributed by atoms with Crippen LogP contribution in [0.3, 0.4) is 0 Å². The van der Waals surface area contributed by atoms with E-state index in [9.17, 15) is 15.0 Å². The van der Waals surface area contributed by atoms with Gasteiger partial charge in [-0.3, -0.25) is 4.79 Å². The SMILES string of the molecule is O=C(NCCc1cn(Cc2ccccc2)c2ccccc12)c1ccc(O)c(O)c1.